The summed E-state index contributed by atoms with van der Waals surface area (Å²) in [5.41, 5.74) is 1.54. The lowest BCUT2D eigenvalue weighted by Gasteiger charge is -2.04. The van der Waals surface area contributed by atoms with Crippen LogP contribution in [0.1, 0.15) is 10.4 Å². The Morgan fingerprint density at radius 2 is 2.20 bits per heavy atom. The van der Waals surface area contributed by atoms with Crippen molar-refractivity contribution in [3.63, 3.8) is 0 Å². The molecule has 0 aliphatic carbocycles. The number of rotatable bonds is 2. The normalized spacial score (nSPS) is 10.2. The van der Waals surface area contributed by atoms with Crippen molar-refractivity contribution in [1.29, 1.82) is 0 Å². The first-order chi connectivity index (χ1) is 7.20. The molecular formula is C10H9N3O2. The largest absolute Gasteiger partial charge is 0.478 e. The monoisotopic (exact) mass is 203 g/mol. The fraction of sp³-hybridized carbons (Fsp3) is 0.100. The number of aromatic carboxylic acids is 1. The number of carboxylic acids is 1. The number of carboxylic acid groups (broad SMARTS) is 1. The average Bonchev–Trinajstić information content (AvgIpc) is 2.64. The summed E-state index contributed by atoms with van der Waals surface area (Å²) in [7, 11) is 1.76. The van der Waals surface area contributed by atoms with E-state index in [0.717, 1.165) is 5.69 Å². The summed E-state index contributed by atoms with van der Waals surface area (Å²) in [4.78, 5) is 14.9. The van der Waals surface area contributed by atoms with E-state index in [9.17, 15) is 4.79 Å². The van der Waals surface area contributed by atoms with Crippen LogP contribution >= 0.6 is 0 Å². The molecule has 0 amide bonds. The highest BCUT2D eigenvalue weighted by Crippen LogP contribution is 2.21. The van der Waals surface area contributed by atoms with Gasteiger partial charge in [-0.1, -0.05) is 0 Å². The van der Waals surface area contributed by atoms with Gasteiger partial charge in [0.1, 0.15) is 0 Å². The molecule has 0 spiro atoms. The first kappa shape index (κ1) is 9.39. The quantitative estimate of drug-likeness (QED) is 0.795. The maximum absolute atomic E-state index is 11.0. The van der Waals surface area contributed by atoms with Gasteiger partial charge in [-0.15, -0.1) is 0 Å². The summed E-state index contributed by atoms with van der Waals surface area (Å²) in [6.07, 6.45) is 4.61. The molecule has 0 aliphatic heterocycles. The van der Waals surface area contributed by atoms with E-state index in [4.69, 9.17) is 5.11 Å². The first-order valence-electron chi connectivity index (χ1n) is 4.36. The zero-order valence-corrected chi connectivity index (χ0v) is 8.08. The number of pyridine rings is 1. The summed E-state index contributed by atoms with van der Waals surface area (Å²) >= 11 is 0. The Labute approximate surface area is 86.0 Å². The molecule has 76 valence electrons. The van der Waals surface area contributed by atoms with E-state index in [1.54, 1.807) is 24.0 Å². The van der Waals surface area contributed by atoms with Crippen molar-refractivity contribution in [2.24, 2.45) is 7.05 Å². The van der Waals surface area contributed by atoms with Crippen LogP contribution in [0, 0.1) is 0 Å². The Balaban J connectivity index is 2.63. The van der Waals surface area contributed by atoms with Gasteiger partial charge in [-0.2, -0.15) is 5.10 Å². The lowest BCUT2D eigenvalue weighted by atomic mass is 10.1. The van der Waals surface area contributed by atoms with Crippen LogP contribution < -0.4 is 0 Å². The van der Waals surface area contributed by atoms with Crippen molar-refractivity contribution >= 4 is 5.97 Å². The van der Waals surface area contributed by atoms with Gasteiger partial charge in [0.15, 0.2) is 0 Å². The van der Waals surface area contributed by atoms with Crippen LogP contribution in [0.25, 0.3) is 11.3 Å². The third kappa shape index (κ3) is 1.59. The first-order valence-corrected chi connectivity index (χ1v) is 4.36. The zero-order valence-electron chi connectivity index (χ0n) is 8.08. The molecule has 0 saturated heterocycles. The van der Waals surface area contributed by atoms with Gasteiger partial charge in [-0.25, -0.2) is 4.79 Å². The van der Waals surface area contributed by atoms with Crippen molar-refractivity contribution < 1.29 is 9.90 Å². The van der Waals surface area contributed by atoms with Crippen LogP contribution in [0.3, 0.4) is 0 Å². The summed E-state index contributed by atoms with van der Waals surface area (Å²) in [6.45, 7) is 0. The minimum absolute atomic E-state index is 0.230. The van der Waals surface area contributed by atoms with Crippen molar-refractivity contribution in [3.8, 4) is 11.3 Å². The number of nitrogens with zero attached hydrogens (tertiary/aromatic N) is 3. The van der Waals surface area contributed by atoms with Gasteiger partial charge in [0.2, 0.25) is 0 Å². The molecular weight excluding hydrogens is 194 g/mol. The summed E-state index contributed by atoms with van der Waals surface area (Å²) in [6, 6.07) is 3.23. The van der Waals surface area contributed by atoms with Gasteiger partial charge in [0.05, 0.1) is 11.3 Å². The molecule has 0 radical (unpaired) electrons. The van der Waals surface area contributed by atoms with Gasteiger partial charge in [0.25, 0.3) is 0 Å². The van der Waals surface area contributed by atoms with Gasteiger partial charge < -0.3 is 5.11 Å². The second-order valence-corrected chi connectivity index (χ2v) is 3.07. The second-order valence-electron chi connectivity index (χ2n) is 3.07. The second kappa shape index (κ2) is 3.53. The van der Waals surface area contributed by atoms with E-state index in [0.29, 0.717) is 5.56 Å². The molecule has 0 saturated carbocycles. The van der Waals surface area contributed by atoms with E-state index >= 15 is 0 Å². The summed E-state index contributed by atoms with van der Waals surface area (Å²) in [5.74, 6) is -0.964. The molecule has 2 aromatic rings. The number of hydrogen-bond donors (Lipinski definition) is 1. The molecule has 0 fully saturated rings. The molecule has 15 heavy (non-hydrogen) atoms. The Hall–Kier alpha value is -2.17. The minimum atomic E-state index is -0.964. The van der Waals surface area contributed by atoms with E-state index in [1.807, 2.05) is 0 Å². The third-order valence-corrected chi connectivity index (χ3v) is 2.15. The maximum atomic E-state index is 11.0. The van der Waals surface area contributed by atoms with Crippen LogP contribution in [0.4, 0.5) is 0 Å². The number of aromatic nitrogens is 3. The van der Waals surface area contributed by atoms with Crippen molar-refractivity contribution in [2.45, 2.75) is 0 Å². The van der Waals surface area contributed by atoms with Gasteiger partial charge in [0, 0.05) is 31.2 Å². The fourth-order valence-electron chi connectivity index (χ4n) is 1.42. The molecule has 0 aromatic carbocycles. The van der Waals surface area contributed by atoms with Crippen LogP contribution in [0.5, 0.6) is 0 Å². The predicted molar refractivity (Wildman–Crippen MR) is 53.4 cm³/mol. The predicted octanol–water partition coefficient (Wildman–Crippen LogP) is 1.18. The molecule has 0 bridgehead atoms. The van der Waals surface area contributed by atoms with Crippen molar-refractivity contribution in [1.82, 2.24) is 14.8 Å². The van der Waals surface area contributed by atoms with Crippen molar-refractivity contribution in [2.75, 3.05) is 0 Å². The number of hydrogen-bond acceptors (Lipinski definition) is 3. The molecule has 5 heteroatoms. The third-order valence-electron chi connectivity index (χ3n) is 2.15. The van der Waals surface area contributed by atoms with Gasteiger partial charge >= 0.3 is 5.97 Å². The lowest BCUT2D eigenvalue weighted by Crippen LogP contribution is -2.02. The fourth-order valence-corrected chi connectivity index (χ4v) is 1.42. The Kier molecular flexibility index (Phi) is 2.21. The molecule has 5 nitrogen and oxygen atoms in total. The van der Waals surface area contributed by atoms with E-state index in [-0.39, 0.29) is 5.56 Å². The van der Waals surface area contributed by atoms with Gasteiger partial charge in [-0.05, 0) is 12.1 Å². The Bertz CT molecular complexity index is 505. The smallest absolute Gasteiger partial charge is 0.336 e. The van der Waals surface area contributed by atoms with Gasteiger partial charge in [-0.3, -0.25) is 9.67 Å². The van der Waals surface area contributed by atoms with E-state index in [1.165, 1.54) is 18.5 Å². The minimum Gasteiger partial charge on any atom is -0.478 e. The average molecular weight is 203 g/mol. The topological polar surface area (TPSA) is 68.0 Å². The summed E-state index contributed by atoms with van der Waals surface area (Å²) in [5, 5.41) is 13.0. The number of carbonyl (C=O) groups is 1. The van der Waals surface area contributed by atoms with Crippen LogP contribution in [-0.2, 0) is 7.05 Å². The molecule has 1 N–H and O–H groups in total. The molecule has 2 rings (SSSR count). The van der Waals surface area contributed by atoms with E-state index in [2.05, 4.69) is 10.1 Å². The molecule has 0 aliphatic rings. The highest BCUT2D eigenvalue weighted by Gasteiger charge is 2.13. The SMILES string of the molecule is Cn1nccc1-c1cnccc1C(=O)O. The highest BCUT2D eigenvalue weighted by molar-refractivity contribution is 5.95. The van der Waals surface area contributed by atoms with Crippen LogP contribution in [0.15, 0.2) is 30.7 Å². The standard InChI is InChI=1S/C10H9N3O2/c1-13-9(3-5-12-13)8-6-11-4-2-7(8)10(14)15/h2-6H,1H3,(H,14,15). The molecule has 0 atom stereocenters. The number of aryl methyl sites for hydroxylation is 1. The lowest BCUT2D eigenvalue weighted by molar-refractivity contribution is 0.0697. The summed E-state index contributed by atoms with van der Waals surface area (Å²) < 4.78 is 1.61. The molecule has 0 unspecified atom stereocenters. The van der Waals surface area contributed by atoms with Crippen LogP contribution in [-0.4, -0.2) is 25.8 Å². The Morgan fingerprint density at radius 3 is 2.80 bits per heavy atom. The zero-order chi connectivity index (χ0) is 10.8. The maximum Gasteiger partial charge on any atom is 0.336 e. The van der Waals surface area contributed by atoms with Crippen LogP contribution in [0.2, 0.25) is 0 Å². The molecule has 2 aromatic heterocycles. The Morgan fingerprint density at radius 1 is 1.40 bits per heavy atom. The molecule has 2 heterocycles. The van der Waals surface area contributed by atoms with Crippen molar-refractivity contribution in [3.05, 3.63) is 36.3 Å². The van der Waals surface area contributed by atoms with E-state index < -0.39 is 5.97 Å². The highest BCUT2D eigenvalue weighted by atomic mass is 16.4.